The van der Waals surface area contributed by atoms with Crippen LogP contribution in [0.15, 0.2) is 24.3 Å². The van der Waals surface area contributed by atoms with Crippen molar-refractivity contribution in [2.24, 2.45) is 11.7 Å². The number of carbonyl (C=O) groups excluding carboxylic acids is 1. The largest absolute Gasteiger partial charge is 0.496 e. The molecule has 2 N–H and O–H groups in total. The summed E-state index contributed by atoms with van der Waals surface area (Å²) < 4.78 is 5.33. The standard InChI is InChI=1S/C15H24N2O2/c1-11(10-16)15(18)17(3)12(2)9-13-7-5-6-8-14(13)19-4/h5-8,11-12H,9-10,16H2,1-4H3. The number of rotatable bonds is 6. The number of ether oxygens (including phenoxy) is 1. The first-order chi connectivity index (χ1) is 9.01. The number of hydrogen-bond acceptors (Lipinski definition) is 3. The van der Waals surface area contributed by atoms with Crippen molar-refractivity contribution in [3.05, 3.63) is 29.8 Å². The molecule has 0 saturated carbocycles. The first-order valence-corrected chi connectivity index (χ1v) is 6.59. The number of benzene rings is 1. The van der Waals surface area contributed by atoms with Gasteiger partial charge in [-0.3, -0.25) is 4.79 Å². The molecule has 0 aliphatic rings. The molecule has 1 aromatic carbocycles. The van der Waals surface area contributed by atoms with E-state index < -0.39 is 0 Å². The zero-order valence-corrected chi connectivity index (χ0v) is 12.2. The van der Waals surface area contributed by atoms with Gasteiger partial charge in [-0.2, -0.15) is 0 Å². The van der Waals surface area contributed by atoms with Crippen LogP contribution in [0.25, 0.3) is 0 Å². The SMILES string of the molecule is COc1ccccc1CC(C)N(C)C(=O)C(C)CN. The minimum Gasteiger partial charge on any atom is -0.496 e. The fraction of sp³-hybridized carbons (Fsp3) is 0.533. The highest BCUT2D eigenvalue weighted by Crippen LogP contribution is 2.20. The Balaban J connectivity index is 2.73. The van der Waals surface area contributed by atoms with E-state index in [-0.39, 0.29) is 17.9 Å². The van der Waals surface area contributed by atoms with Crippen LogP contribution in [0.5, 0.6) is 5.75 Å². The van der Waals surface area contributed by atoms with Gasteiger partial charge in [0.05, 0.1) is 7.11 Å². The van der Waals surface area contributed by atoms with E-state index in [1.54, 1.807) is 12.0 Å². The highest BCUT2D eigenvalue weighted by Gasteiger charge is 2.21. The second-order valence-corrected chi connectivity index (χ2v) is 4.95. The van der Waals surface area contributed by atoms with Crippen molar-refractivity contribution in [1.82, 2.24) is 4.90 Å². The third-order valence-electron chi connectivity index (χ3n) is 3.49. The molecule has 2 unspecified atom stereocenters. The summed E-state index contributed by atoms with van der Waals surface area (Å²) in [6.45, 7) is 4.27. The molecule has 0 saturated heterocycles. The van der Waals surface area contributed by atoms with Crippen LogP contribution in [0.4, 0.5) is 0 Å². The maximum atomic E-state index is 12.1. The summed E-state index contributed by atoms with van der Waals surface area (Å²) in [5, 5.41) is 0. The van der Waals surface area contributed by atoms with Gasteiger partial charge in [0.15, 0.2) is 0 Å². The average Bonchev–Trinajstić information content (AvgIpc) is 2.45. The number of nitrogens with zero attached hydrogens (tertiary/aromatic N) is 1. The van der Waals surface area contributed by atoms with Crippen molar-refractivity contribution in [2.45, 2.75) is 26.3 Å². The molecule has 19 heavy (non-hydrogen) atoms. The van der Waals surface area contributed by atoms with Crippen LogP contribution >= 0.6 is 0 Å². The Morgan fingerprint density at radius 2 is 2.00 bits per heavy atom. The topological polar surface area (TPSA) is 55.6 Å². The van der Waals surface area contributed by atoms with Crippen LogP contribution in [0.3, 0.4) is 0 Å². The second kappa shape index (κ2) is 7.14. The number of nitrogens with two attached hydrogens (primary N) is 1. The molecule has 2 atom stereocenters. The van der Waals surface area contributed by atoms with Crippen LogP contribution < -0.4 is 10.5 Å². The van der Waals surface area contributed by atoms with E-state index >= 15 is 0 Å². The molecule has 0 fully saturated rings. The molecule has 0 spiro atoms. The van der Waals surface area contributed by atoms with E-state index in [1.807, 2.05) is 45.2 Å². The highest BCUT2D eigenvalue weighted by atomic mass is 16.5. The Bertz CT molecular complexity index is 420. The quantitative estimate of drug-likeness (QED) is 0.850. The summed E-state index contributed by atoms with van der Waals surface area (Å²) in [6.07, 6.45) is 0.767. The number of para-hydroxylation sites is 1. The fourth-order valence-corrected chi connectivity index (χ4v) is 1.99. The van der Waals surface area contributed by atoms with Gasteiger partial charge >= 0.3 is 0 Å². The Morgan fingerprint density at radius 1 is 1.37 bits per heavy atom. The first kappa shape index (κ1) is 15.5. The molecule has 0 aromatic heterocycles. The molecule has 1 rings (SSSR count). The Hall–Kier alpha value is -1.55. The number of methoxy groups -OCH3 is 1. The summed E-state index contributed by atoms with van der Waals surface area (Å²) in [6, 6.07) is 8.00. The molecule has 1 aromatic rings. The van der Waals surface area contributed by atoms with Crippen molar-refractivity contribution in [3.8, 4) is 5.75 Å². The molecule has 0 heterocycles. The first-order valence-electron chi connectivity index (χ1n) is 6.59. The predicted octanol–water partition coefficient (Wildman–Crippen LogP) is 1.68. The lowest BCUT2D eigenvalue weighted by Gasteiger charge is -2.27. The van der Waals surface area contributed by atoms with Gasteiger partial charge in [-0.1, -0.05) is 25.1 Å². The van der Waals surface area contributed by atoms with Gasteiger partial charge in [0.2, 0.25) is 5.91 Å². The number of amides is 1. The number of likely N-dealkylation sites (N-methyl/N-ethyl adjacent to an activating group) is 1. The van der Waals surface area contributed by atoms with E-state index in [0.29, 0.717) is 6.54 Å². The van der Waals surface area contributed by atoms with Gasteiger partial charge in [0.1, 0.15) is 5.75 Å². The van der Waals surface area contributed by atoms with Gasteiger partial charge in [-0.25, -0.2) is 0 Å². The van der Waals surface area contributed by atoms with Crippen LogP contribution in [-0.4, -0.2) is 37.6 Å². The lowest BCUT2D eigenvalue weighted by Crippen LogP contribution is -2.41. The maximum absolute atomic E-state index is 12.1. The second-order valence-electron chi connectivity index (χ2n) is 4.95. The van der Waals surface area contributed by atoms with Gasteiger partial charge < -0.3 is 15.4 Å². The average molecular weight is 264 g/mol. The molecule has 1 amide bonds. The fourth-order valence-electron chi connectivity index (χ4n) is 1.99. The van der Waals surface area contributed by atoms with Gasteiger partial charge in [-0.15, -0.1) is 0 Å². The highest BCUT2D eigenvalue weighted by molar-refractivity contribution is 5.78. The molecule has 106 valence electrons. The lowest BCUT2D eigenvalue weighted by atomic mass is 10.0. The van der Waals surface area contributed by atoms with Crippen LogP contribution in [0.1, 0.15) is 19.4 Å². The Kier molecular flexibility index (Phi) is 5.83. The third kappa shape index (κ3) is 3.96. The Morgan fingerprint density at radius 3 is 2.58 bits per heavy atom. The van der Waals surface area contributed by atoms with E-state index in [4.69, 9.17) is 10.5 Å². The molecule has 0 radical (unpaired) electrons. The van der Waals surface area contributed by atoms with Gasteiger partial charge in [-0.05, 0) is 25.0 Å². The van der Waals surface area contributed by atoms with E-state index in [0.717, 1.165) is 17.7 Å². The van der Waals surface area contributed by atoms with E-state index in [9.17, 15) is 4.79 Å². The van der Waals surface area contributed by atoms with Crippen molar-refractivity contribution in [2.75, 3.05) is 20.7 Å². The molecule has 0 aliphatic heterocycles. The van der Waals surface area contributed by atoms with Gasteiger partial charge in [0.25, 0.3) is 0 Å². The minimum absolute atomic E-state index is 0.0879. The third-order valence-corrected chi connectivity index (χ3v) is 3.49. The van der Waals surface area contributed by atoms with Crippen molar-refractivity contribution in [3.63, 3.8) is 0 Å². The zero-order valence-electron chi connectivity index (χ0n) is 12.2. The van der Waals surface area contributed by atoms with E-state index in [2.05, 4.69) is 0 Å². The molecular formula is C15H24N2O2. The Labute approximate surface area is 115 Å². The number of hydrogen-bond donors (Lipinski definition) is 1. The molecule has 0 aliphatic carbocycles. The van der Waals surface area contributed by atoms with Crippen molar-refractivity contribution < 1.29 is 9.53 Å². The molecule has 4 heteroatoms. The molecule has 4 nitrogen and oxygen atoms in total. The van der Waals surface area contributed by atoms with E-state index in [1.165, 1.54) is 0 Å². The molecular weight excluding hydrogens is 240 g/mol. The zero-order chi connectivity index (χ0) is 14.4. The van der Waals surface area contributed by atoms with Crippen molar-refractivity contribution >= 4 is 5.91 Å². The van der Waals surface area contributed by atoms with Crippen molar-refractivity contribution in [1.29, 1.82) is 0 Å². The van der Waals surface area contributed by atoms with Crippen LogP contribution in [0, 0.1) is 5.92 Å². The maximum Gasteiger partial charge on any atom is 0.226 e. The monoisotopic (exact) mass is 264 g/mol. The van der Waals surface area contributed by atoms with Gasteiger partial charge in [0, 0.05) is 25.6 Å². The van der Waals surface area contributed by atoms with Crippen LogP contribution in [0.2, 0.25) is 0 Å². The summed E-state index contributed by atoms with van der Waals surface area (Å²) in [4.78, 5) is 13.8. The normalized spacial score (nSPS) is 13.7. The summed E-state index contributed by atoms with van der Waals surface area (Å²) in [5.74, 6) is 0.817. The summed E-state index contributed by atoms with van der Waals surface area (Å²) in [5.41, 5.74) is 6.65. The minimum atomic E-state index is -0.134. The predicted molar refractivity (Wildman–Crippen MR) is 77.1 cm³/mol. The smallest absolute Gasteiger partial charge is 0.226 e. The van der Waals surface area contributed by atoms with Crippen LogP contribution in [-0.2, 0) is 11.2 Å². The lowest BCUT2D eigenvalue weighted by molar-refractivity contribution is -0.135. The number of carbonyl (C=O) groups is 1. The summed E-state index contributed by atoms with van der Waals surface area (Å²) in [7, 11) is 3.49. The summed E-state index contributed by atoms with van der Waals surface area (Å²) >= 11 is 0. The molecule has 0 bridgehead atoms.